The second-order valence-corrected chi connectivity index (χ2v) is 8.48. The molecule has 8 heteroatoms. The number of carbonyl (C=O) groups is 1. The van der Waals surface area contributed by atoms with E-state index in [2.05, 4.69) is 0 Å². The van der Waals surface area contributed by atoms with Gasteiger partial charge in [-0.1, -0.05) is 29.8 Å². The maximum atomic E-state index is 12.7. The first-order chi connectivity index (χ1) is 12.5. The molecule has 0 aliphatic carbocycles. The third-order valence-corrected chi connectivity index (χ3v) is 6.26. The summed E-state index contributed by atoms with van der Waals surface area (Å²) in [5.41, 5.74) is 1.49. The molecule has 136 valence electrons. The van der Waals surface area contributed by atoms with Crippen molar-refractivity contribution in [3.63, 3.8) is 0 Å². The van der Waals surface area contributed by atoms with Gasteiger partial charge in [-0.05, 0) is 29.3 Å². The third kappa shape index (κ3) is 3.01. The van der Waals surface area contributed by atoms with E-state index < -0.39 is 15.9 Å². The summed E-state index contributed by atoms with van der Waals surface area (Å²) in [6.45, 7) is 0.884. The van der Waals surface area contributed by atoms with Crippen molar-refractivity contribution in [2.24, 2.45) is 0 Å². The van der Waals surface area contributed by atoms with Crippen molar-refractivity contribution in [3.8, 4) is 11.5 Å². The number of sulfonamides is 1. The fourth-order valence-electron chi connectivity index (χ4n) is 3.10. The van der Waals surface area contributed by atoms with Crippen molar-refractivity contribution < 1.29 is 22.7 Å². The Morgan fingerprint density at radius 1 is 1.12 bits per heavy atom. The number of fused-ring (bicyclic) bond motifs is 2. The van der Waals surface area contributed by atoms with Crippen LogP contribution in [-0.2, 0) is 22.3 Å². The van der Waals surface area contributed by atoms with Crippen LogP contribution in [0.25, 0.3) is 0 Å². The normalized spacial score (nSPS) is 18.2. The van der Waals surface area contributed by atoms with Gasteiger partial charge in [0.05, 0.1) is 30.5 Å². The number of halogens is 1. The largest absolute Gasteiger partial charge is 0.489 e. The molecule has 0 spiro atoms. The zero-order valence-corrected chi connectivity index (χ0v) is 15.3. The zero-order chi connectivity index (χ0) is 18.3. The predicted molar refractivity (Wildman–Crippen MR) is 96.0 cm³/mol. The van der Waals surface area contributed by atoms with Gasteiger partial charge in [0, 0.05) is 12.0 Å². The van der Waals surface area contributed by atoms with E-state index in [1.54, 1.807) is 36.4 Å². The lowest BCUT2D eigenvalue weighted by Crippen LogP contribution is -2.41. The Hall–Kier alpha value is -2.25. The van der Waals surface area contributed by atoms with E-state index >= 15 is 0 Å². The number of nitrogens with zero attached hydrogens (tertiary/aromatic N) is 1. The van der Waals surface area contributed by atoms with Crippen molar-refractivity contribution in [2.45, 2.75) is 18.7 Å². The second-order valence-electron chi connectivity index (χ2n) is 6.18. The average molecular weight is 394 g/mol. The maximum Gasteiger partial charge on any atom is 0.267 e. The van der Waals surface area contributed by atoms with Crippen LogP contribution in [0.4, 0.5) is 0 Å². The first-order valence-corrected chi connectivity index (χ1v) is 10.1. The Morgan fingerprint density at radius 3 is 2.73 bits per heavy atom. The molecule has 1 amide bonds. The quantitative estimate of drug-likeness (QED) is 0.784. The van der Waals surface area contributed by atoms with Crippen molar-refractivity contribution in [1.82, 2.24) is 4.31 Å². The van der Waals surface area contributed by atoms with Gasteiger partial charge in [0.15, 0.2) is 11.5 Å². The van der Waals surface area contributed by atoms with Crippen LogP contribution in [0.2, 0.25) is 5.02 Å². The lowest BCUT2D eigenvalue weighted by Gasteiger charge is -2.28. The molecular weight excluding hydrogens is 378 g/mol. The standard InChI is InChI=1S/C18H16ClNO5S/c19-15-8-12(9-16-17(15)25-7-3-6-24-16)10-20-18(21)14-5-2-1-4-13(14)11-26(20,22)23/h1-2,4-5,8-9H,3,6-7,10-11H2. The van der Waals surface area contributed by atoms with Gasteiger partial charge in [-0.2, -0.15) is 0 Å². The van der Waals surface area contributed by atoms with E-state index in [1.165, 1.54) is 0 Å². The first-order valence-electron chi connectivity index (χ1n) is 8.16. The summed E-state index contributed by atoms with van der Waals surface area (Å²) >= 11 is 6.27. The van der Waals surface area contributed by atoms with Crippen LogP contribution in [0.5, 0.6) is 11.5 Å². The molecule has 4 rings (SSSR count). The minimum absolute atomic E-state index is 0.105. The van der Waals surface area contributed by atoms with Gasteiger partial charge in [-0.15, -0.1) is 0 Å². The Bertz CT molecular complexity index is 989. The van der Waals surface area contributed by atoms with Gasteiger partial charge in [0.1, 0.15) is 0 Å². The van der Waals surface area contributed by atoms with Crippen molar-refractivity contribution in [2.75, 3.05) is 13.2 Å². The fraction of sp³-hybridized carbons (Fsp3) is 0.278. The topological polar surface area (TPSA) is 72.9 Å². The number of hydrogen-bond donors (Lipinski definition) is 0. The molecule has 2 heterocycles. The summed E-state index contributed by atoms with van der Waals surface area (Å²) in [4.78, 5) is 12.7. The smallest absolute Gasteiger partial charge is 0.267 e. The highest BCUT2D eigenvalue weighted by Gasteiger charge is 2.35. The van der Waals surface area contributed by atoms with Crippen LogP contribution in [0.3, 0.4) is 0 Å². The molecule has 2 aromatic carbocycles. The molecule has 0 saturated heterocycles. The molecule has 0 bridgehead atoms. The molecule has 0 unspecified atom stereocenters. The molecule has 2 aliphatic rings. The van der Waals surface area contributed by atoms with E-state index in [1.807, 2.05) is 0 Å². The minimum Gasteiger partial charge on any atom is -0.489 e. The number of rotatable bonds is 2. The summed E-state index contributed by atoms with van der Waals surface area (Å²) in [7, 11) is -3.76. The Labute approximate surface area is 156 Å². The fourth-order valence-corrected chi connectivity index (χ4v) is 4.89. The molecule has 2 aromatic rings. The molecule has 6 nitrogen and oxygen atoms in total. The number of benzene rings is 2. The molecule has 0 atom stereocenters. The number of carbonyl (C=O) groups excluding carboxylic acids is 1. The van der Waals surface area contributed by atoms with Gasteiger partial charge in [0.25, 0.3) is 5.91 Å². The van der Waals surface area contributed by atoms with Gasteiger partial charge in [-0.3, -0.25) is 4.79 Å². The van der Waals surface area contributed by atoms with E-state index in [4.69, 9.17) is 21.1 Å². The lowest BCUT2D eigenvalue weighted by atomic mass is 10.1. The lowest BCUT2D eigenvalue weighted by molar-refractivity contribution is 0.0849. The third-order valence-electron chi connectivity index (χ3n) is 4.34. The van der Waals surface area contributed by atoms with Crippen molar-refractivity contribution in [3.05, 3.63) is 58.1 Å². The van der Waals surface area contributed by atoms with Gasteiger partial charge >= 0.3 is 0 Å². The molecule has 0 radical (unpaired) electrons. The van der Waals surface area contributed by atoms with Crippen LogP contribution < -0.4 is 9.47 Å². The molecule has 0 fully saturated rings. The Morgan fingerprint density at radius 2 is 1.88 bits per heavy atom. The van der Waals surface area contributed by atoms with Gasteiger partial charge < -0.3 is 9.47 Å². The van der Waals surface area contributed by atoms with E-state index in [0.29, 0.717) is 46.4 Å². The Kier molecular flexibility index (Phi) is 4.28. The molecular formula is C18H16ClNO5S. The molecule has 0 N–H and O–H groups in total. The first kappa shape index (κ1) is 17.2. The summed E-state index contributed by atoms with van der Waals surface area (Å²) in [5, 5.41) is 0.335. The Balaban J connectivity index is 1.70. The van der Waals surface area contributed by atoms with Crippen LogP contribution in [-0.4, -0.2) is 31.8 Å². The highest BCUT2D eigenvalue weighted by molar-refractivity contribution is 7.89. The van der Waals surface area contributed by atoms with E-state index in [-0.39, 0.29) is 12.3 Å². The molecule has 0 saturated carbocycles. The highest BCUT2D eigenvalue weighted by Crippen LogP contribution is 2.39. The second kappa shape index (κ2) is 6.48. The molecule has 26 heavy (non-hydrogen) atoms. The summed E-state index contributed by atoms with van der Waals surface area (Å²) in [5.74, 6) is 0.182. The van der Waals surface area contributed by atoms with Crippen LogP contribution in [0.15, 0.2) is 36.4 Å². The highest BCUT2D eigenvalue weighted by atomic mass is 35.5. The van der Waals surface area contributed by atoms with Crippen molar-refractivity contribution >= 4 is 27.5 Å². The summed E-state index contributed by atoms with van der Waals surface area (Å²) in [6.07, 6.45) is 0.732. The number of hydrogen-bond acceptors (Lipinski definition) is 5. The minimum atomic E-state index is -3.76. The van der Waals surface area contributed by atoms with Crippen LogP contribution in [0.1, 0.15) is 27.9 Å². The summed E-state index contributed by atoms with van der Waals surface area (Å²) < 4.78 is 37.3. The van der Waals surface area contributed by atoms with Crippen LogP contribution in [0, 0.1) is 0 Å². The number of amides is 1. The zero-order valence-electron chi connectivity index (χ0n) is 13.8. The average Bonchev–Trinajstić information content (AvgIpc) is 2.84. The van der Waals surface area contributed by atoms with Gasteiger partial charge in [0.2, 0.25) is 10.0 Å². The predicted octanol–water partition coefficient (Wildman–Crippen LogP) is 2.99. The SMILES string of the molecule is O=C1c2ccccc2CS(=O)(=O)N1Cc1cc(Cl)c2c(c1)OCCCO2. The number of ether oxygens (including phenoxy) is 2. The van der Waals surface area contributed by atoms with Gasteiger partial charge in [-0.25, -0.2) is 12.7 Å². The van der Waals surface area contributed by atoms with Crippen LogP contribution >= 0.6 is 11.6 Å². The summed E-state index contributed by atoms with van der Waals surface area (Å²) in [6, 6.07) is 10.0. The van der Waals surface area contributed by atoms with Crippen molar-refractivity contribution in [1.29, 1.82) is 0 Å². The van der Waals surface area contributed by atoms with E-state index in [9.17, 15) is 13.2 Å². The maximum absolute atomic E-state index is 12.7. The monoisotopic (exact) mass is 393 g/mol. The molecule has 2 aliphatic heterocycles. The van der Waals surface area contributed by atoms with E-state index in [0.717, 1.165) is 10.7 Å². The molecule has 0 aromatic heterocycles.